The van der Waals surface area contributed by atoms with Crippen molar-refractivity contribution < 1.29 is 14.7 Å². The molecule has 1 aromatic carbocycles. The minimum absolute atomic E-state index is 0.401. The Morgan fingerprint density at radius 2 is 1.81 bits per heavy atom. The Morgan fingerprint density at radius 1 is 1.19 bits per heavy atom. The SMILES string of the molecule is O=C(O)CN(C(=O)NN1CCCCC1)c1ccc(Cl)cc1. The predicted molar refractivity (Wildman–Crippen MR) is 80.4 cm³/mol. The lowest BCUT2D eigenvalue weighted by Crippen LogP contribution is -2.52. The molecular formula is C14H18ClN3O3. The van der Waals surface area contributed by atoms with Gasteiger partial charge in [0.05, 0.1) is 0 Å². The van der Waals surface area contributed by atoms with Crippen molar-refractivity contribution in [3.8, 4) is 0 Å². The van der Waals surface area contributed by atoms with Crippen LogP contribution in [0.1, 0.15) is 19.3 Å². The van der Waals surface area contributed by atoms with Crippen LogP contribution in [0.15, 0.2) is 24.3 Å². The maximum Gasteiger partial charge on any atom is 0.336 e. The van der Waals surface area contributed by atoms with Crippen LogP contribution in [-0.4, -0.2) is 41.8 Å². The fourth-order valence-corrected chi connectivity index (χ4v) is 2.36. The topological polar surface area (TPSA) is 72.9 Å². The molecule has 0 aromatic heterocycles. The van der Waals surface area contributed by atoms with E-state index in [-0.39, 0.29) is 0 Å². The lowest BCUT2D eigenvalue weighted by Gasteiger charge is -2.30. The van der Waals surface area contributed by atoms with Crippen LogP contribution in [-0.2, 0) is 4.79 Å². The number of nitrogens with one attached hydrogen (secondary N) is 1. The summed E-state index contributed by atoms with van der Waals surface area (Å²) < 4.78 is 0. The van der Waals surface area contributed by atoms with Crippen LogP contribution in [0.2, 0.25) is 5.02 Å². The smallest absolute Gasteiger partial charge is 0.336 e. The number of piperidine rings is 1. The van der Waals surface area contributed by atoms with Gasteiger partial charge in [0, 0.05) is 23.8 Å². The summed E-state index contributed by atoms with van der Waals surface area (Å²) in [5.41, 5.74) is 3.26. The standard InChI is InChI=1S/C14H18ClN3O3/c15-11-4-6-12(7-5-11)18(10-13(19)20)14(21)16-17-8-2-1-3-9-17/h4-7H,1-3,8-10H2,(H,16,21)(H,19,20). The molecular weight excluding hydrogens is 294 g/mol. The predicted octanol–water partition coefficient (Wildman–Crippen LogP) is 2.34. The van der Waals surface area contributed by atoms with Gasteiger partial charge in [0.2, 0.25) is 0 Å². The number of nitrogens with zero attached hydrogens (tertiary/aromatic N) is 2. The number of carbonyl (C=O) groups excluding carboxylic acids is 1. The Labute approximate surface area is 128 Å². The monoisotopic (exact) mass is 311 g/mol. The highest BCUT2D eigenvalue weighted by Crippen LogP contribution is 2.18. The molecule has 1 saturated heterocycles. The van der Waals surface area contributed by atoms with E-state index in [2.05, 4.69) is 5.43 Å². The fourth-order valence-electron chi connectivity index (χ4n) is 2.24. The Morgan fingerprint density at radius 3 is 2.38 bits per heavy atom. The molecule has 2 N–H and O–H groups in total. The summed E-state index contributed by atoms with van der Waals surface area (Å²) in [6, 6.07) is 6.06. The van der Waals surface area contributed by atoms with E-state index in [9.17, 15) is 9.59 Å². The average Bonchev–Trinajstić information content (AvgIpc) is 2.46. The quantitative estimate of drug-likeness (QED) is 0.895. The second-order valence-electron chi connectivity index (χ2n) is 4.92. The van der Waals surface area contributed by atoms with E-state index < -0.39 is 18.5 Å². The first-order valence-corrected chi connectivity index (χ1v) is 7.24. The van der Waals surface area contributed by atoms with Gasteiger partial charge >= 0.3 is 12.0 Å². The van der Waals surface area contributed by atoms with Crippen molar-refractivity contribution >= 4 is 29.3 Å². The number of amides is 2. The van der Waals surface area contributed by atoms with Crippen molar-refractivity contribution in [2.75, 3.05) is 24.5 Å². The highest BCUT2D eigenvalue weighted by atomic mass is 35.5. The number of carboxylic acid groups (broad SMARTS) is 1. The van der Waals surface area contributed by atoms with E-state index in [0.717, 1.165) is 32.4 Å². The molecule has 0 radical (unpaired) electrons. The maximum atomic E-state index is 12.3. The van der Waals surface area contributed by atoms with Crippen molar-refractivity contribution in [2.45, 2.75) is 19.3 Å². The van der Waals surface area contributed by atoms with Crippen molar-refractivity contribution in [3.05, 3.63) is 29.3 Å². The number of anilines is 1. The first-order chi connectivity index (χ1) is 10.1. The van der Waals surface area contributed by atoms with Gasteiger partial charge in [0.25, 0.3) is 0 Å². The van der Waals surface area contributed by atoms with E-state index in [1.165, 1.54) is 4.90 Å². The van der Waals surface area contributed by atoms with Gasteiger partial charge < -0.3 is 5.11 Å². The van der Waals surface area contributed by atoms with Crippen LogP contribution >= 0.6 is 11.6 Å². The van der Waals surface area contributed by atoms with Crippen molar-refractivity contribution in [2.24, 2.45) is 0 Å². The first kappa shape index (κ1) is 15.6. The maximum absolute atomic E-state index is 12.3. The van der Waals surface area contributed by atoms with Crippen LogP contribution < -0.4 is 10.3 Å². The molecule has 1 aromatic rings. The lowest BCUT2D eigenvalue weighted by atomic mass is 10.2. The van der Waals surface area contributed by atoms with Gasteiger partial charge in [-0.15, -0.1) is 0 Å². The number of rotatable bonds is 4. The third kappa shape index (κ3) is 4.61. The molecule has 0 spiro atoms. The van der Waals surface area contributed by atoms with Crippen molar-refractivity contribution in [3.63, 3.8) is 0 Å². The summed E-state index contributed by atoms with van der Waals surface area (Å²) in [7, 11) is 0. The molecule has 21 heavy (non-hydrogen) atoms. The molecule has 1 aliphatic heterocycles. The Balaban J connectivity index is 2.08. The molecule has 2 rings (SSSR count). The van der Waals surface area contributed by atoms with Crippen LogP contribution in [0.3, 0.4) is 0 Å². The van der Waals surface area contributed by atoms with E-state index in [1.807, 2.05) is 5.01 Å². The molecule has 1 aliphatic rings. The lowest BCUT2D eigenvalue weighted by molar-refractivity contribution is -0.135. The van der Waals surface area contributed by atoms with E-state index in [0.29, 0.717) is 10.7 Å². The van der Waals surface area contributed by atoms with E-state index >= 15 is 0 Å². The second-order valence-corrected chi connectivity index (χ2v) is 5.36. The summed E-state index contributed by atoms with van der Waals surface area (Å²) >= 11 is 5.81. The third-order valence-electron chi connectivity index (χ3n) is 3.29. The van der Waals surface area contributed by atoms with Crippen LogP contribution in [0.4, 0.5) is 10.5 Å². The zero-order valence-electron chi connectivity index (χ0n) is 11.6. The zero-order chi connectivity index (χ0) is 15.2. The normalized spacial score (nSPS) is 15.5. The van der Waals surface area contributed by atoms with Gasteiger partial charge in [-0.1, -0.05) is 18.0 Å². The number of carbonyl (C=O) groups is 2. The van der Waals surface area contributed by atoms with Gasteiger partial charge in [0.15, 0.2) is 0 Å². The summed E-state index contributed by atoms with van der Waals surface area (Å²) in [6.45, 7) is 1.17. The minimum atomic E-state index is -1.07. The number of benzene rings is 1. The summed E-state index contributed by atoms with van der Waals surface area (Å²) in [5.74, 6) is -1.07. The van der Waals surface area contributed by atoms with Crippen molar-refractivity contribution in [1.29, 1.82) is 0 Å². The number of hydrogen-bond donors (Lipinski definition) is 2. The molecule has 0 saturated carbocycles. The number of halogens is 1. The molecule has 6 nitrogen and oxygen atoms in total. The van der Waals surface area contributed by atoms with Crippen LogP contribution in [0.25, 0.3) is 0 Å². The third-order valence-corrected chi connectivity index (χ3v) is 3.54. The molecule has 114 valence electrons. The average molecular weight is 312 g/mol. The molecule has 0 bridgehead atoms. The van der Waals surface area contributed by atoms with Gasteiger partial charge in [0.1, 0.15) is 6.54 Å². The Hall–Kier alpha value is -1.79. The molecule has 0 atom stereocenters. The van der Waals surface area contributed by atoms with Gasteiger partial charge in [-0.25, -0.2) is 9.80 Å². The molecule has 2 amide bonds. The summed E-state index contributed by atoms with van der Waals surface area (Å²) in [6.07, 6.45) is 3.21. The Bertz CT molecular complexity index is 501. The molecule has 1 fully saturated rings. The summed E-state index contributed by atoms with van der Waals surface area (Å²) in [4.78, 5) is 24.5. The van der Waals surface area contributed by atoms with Crippen molar-refractivity contribution in [1.82, 2.24) is 10.4 Å². The van der Waals surface area contributed by atoms with Crippen LogP contribution in [0, 0.1) is 0 Å². The minimum Gasteiger partial charge on any atom is -0.480 e. The van der Waals surface area contributed by atoms with E-state index in [1.54, 1.807) is 24.3 Å². The number of aliphatic carboxylic acids is 1. The number of carboxylic acids is 1. The number of hydrazine groups is 1. The molecule has 7 heteroatoms. The first-order valence-electron chi connectivity index (χ1n) is 6.87. The second kappa shape index (κ2) is 7.28. The molecule has 1 heterocycles. The molecule has 0 unspecified atom stereocenters. The highest BCUT2D eigenvalue weighted by molar-refractivity contribution is 6.30. The highest BCUT2D eigenvalue weighted by Gasteiger charge is 2.21. The largest absolute Gasteiger partial charge is 0.480 e. The number of hydrogen-bond acceptors (Lipinski definition) is 3. The summed E-state index contributed by atoms with van der Waals surface area (Å²) in [5, 5.41) is 11.4. The fraction of sp³-hybridized carbons (Fsp3) is 0.429. The molecule has 0 aliphatic carbocycles. The van der Waals surface area contributed by atoms with Gasteiger partial charge in [-0.3, -0.25) is 15.1 Å². The number of urea groups is 1. The zero-order valence-corrected chi connectivity index (χ0v) is 12.3. The van der Waals surface area contributed by atoms with Gasteiger partial charge in [-0.2, -0.15) is 0 Å². The Kier molecular flexibility index (Phi) is 5.41. The van der Waals surface area contributed by atoms with E-state index in [4.69, 9.17) is 16.7 Å². The van der Waals surface area contributed by atoms with Crippen LogP contribution in [0.5, 0.6) is 0 Å². The van der Waals surface area contributed by atoms with Gasteiger partial charge in [-0.05, 0) is 37.1 Å².